The number of ether oxygens (including phenoxy) is 2. The number of rotatable bonds is 12. The summed E-state index contributed by atoms with van der Waals surface area (Å²) < 4.78 is 10.9. The molecule has 0 spiro atoms. The summed E-state index contributed by atoms with van der Waals surface area (Å²) in [7, 11) is 0. The molecule has 9 nitrogen and oxygen atoms in total. The molecule has 0 aromatic heterocycles. The molecule has 2 aromatic rings. The van der Waals surface area contributed by atoms with Gasteiger partial charge in [0.1, 0.15) is 18.2 Å². The van der Waals surface area contributed by atoms with Gasteiger partial charge in [0.15, 0.2) is 0 Å². The molecule has 0 saturated carbocycles. The summed E-state index contributed by atoms with van der Waals surface area (Å²) >= 11 is 0. The second-order valence-electron chi connectivity index (χ2n) is 10.8. The Morgan fingerprint density at radius 1 is 0.974 bits per heavy atom. The largest absolute Gasteiger partial charge is 0.445 e. The van der Waals surface area contributed by atoms with Crippen molar-refractivity contribution in [3.8, 4) is 0 Å². The number of aliphatic hydroxyl groups is 1. The first kappa shape index (κ1) is 30.6. The van der Waals surface area contributed by atoms with Gasteiger partial charge in [0.2, 0.25) is 5.91 Å². The maximum Gasteiger partial charge on any atom is 0.410 e. The minimum absolute atomic E-state index is 0.0109. The van der Waals surface area contributed by atoms with Gasteiger partial charge in [0.05, 0.1) is 18.7 Å². The zero-order chi connectivity index (χ0) is 28.3. The van der Waals surface area contributed by atoms with E-state index in [1.54, 1.807) is 20.8 Å². The van der Waals surface area contributed by atoms with Crippen LogP contribution >= 0.6 is 0 Å². The summed E-state index contributed by atoms with van der Waals surface area (Å²) in [6, 6.07) is 16.6. The molecule has 0 saturated heterocycles. The summed E-state index contributed by atoms with van der Waals surface area (Å²) in [5.41, 5.74) is 6.59. The van der Waals surface area contributed by atoms with Crippen molar-refractivity contribution < 1.29 is 29.0 Å². The summed E-state index contributed by atoms with van der Waals surface area (Å²) in [4.78, 5) is 39.4. The SMILES string of the molecule is CC(C)C[C@@H](C(N)=O)N(C[C@H](O)[C@H](Cc1ccccc1)NC(=O)OC(C)(C)C)C(=O)OCc1ccccc1. The van der Waals surface area contributed by atoms with Gasteiger partial charge in [-0.2, -0.15) is 0 Å². The van der Waals surface area contributed by atoms with Crippen molar-refractivity contribution in [3.05, 3.63) is 71.8 Å². The maximum absolute atomic E-state index is 13.2. The molecule has 0 fully saturated rings. The van der Waals surface area contributed by atoms with E-state index in [-0.39, 0.29) is 31.9 Å². The number of nitrogens with two attached hydrogens (primary N) is 1. The van der Waals surface area contributed by atoms with Gasteiger partial charge in [-0.3, -0.25) is 9.69 Å². The molecule has 2 aromatic carbocycles. The van der Waals surface area contributed by atoms with Crippen LogP contribution < -0.4 is 11.1 Å². The van der Waals surface area contributed by atoms with Crippen LogP contribution in [0.3, 0.4) is 0 Å². The molecule has 0 aliphatic heterocycles. The van der Waals surface area contributed by atoms with Gasteiger partial charge < -0.3 is 25.6 Å². The van der Waals surface area contributed by atoms with Gasteiger partial charge in [0, 0.05) is 0 Å². The van der Waals surface area contributed by atoms with Crippen molar-refractivity contribution in [2.24, 2.45) is 11.7 Å². The fourth-order valence-electron chi connectivity index (χ4n) is 3.91. The highest BCUT2D eigenvalue weighted by atomic mass is 16.6. The van der Waals surface area contributed by atoms with Crippen molar-refractivity contribution in [1.29, 1.82) is 0 Å². The molecule has 0 bridgehead atoms. The number of carbonyl (C=O) groups excluding carboxylic acids is 3. The average molecular weight is 528 g/mol. The van der Waals surface area contributed by atoms with Gasteiger partial charge in [-0.25, -0.2) is 9.59 Å². The predicted octanol–water partition coefficient (Wildman–Crippen LogP) is 4.02. The summed E-state index contributed by atoms with van der Waals surface area (Å²) in [5, 5.41) is 14.0. The Labute approximate surface area is 225 Å². The fourth-order valence-corrected chi connectivity index (χ4v) is 3.91. The molecule has 208 valence electrons. The van der Waals surface area contributed by atoms with E-state index >= 15 is 0 Å². The van der Waals surface area contributed by atoms with Crippen LogP contribution in [0.15, 0.2) is 60.7 Å². The first-order chi connectivity index (χ1) is 17.9. The first-order valence-electron chi connectivity index (χ1n) is 12.8. The molecule has 2 rings (SSSR count). The smallest absolute Gasteiger partial charge is 0.410 e. The standard InChI is InChI=1S/C29H41N3O6/c1-20(2)16-24(26(30)34)32(28(36)37-19-22-14-10-7-11-15-22)18-25(33)23(17-21-12-8-6-9-13-21)31-27(35)38-29(3,4)5/h6-15,20,23-25,33H,16-19H2,1-5H3,(H2,30,34)(H,31,35)/t23-,24-,25-/m0/s1. The number of nitrogens with one attached hydrogen (secondary N) is 1. The molecule has 3 atom stereocenters. The molecular formula is C29H41N3O6. The van der Waals surface area contributed by atoms with Crippen molar-refractivity contribution in [2.75, 3.05) is 6.54 Å². The number of alkyl carbamates (subject to hydrolysis) is 1. The normalized spacial score (nSPS) is 13.8. The molecule has 3 amide bonds. The zero-order valence-electron chi connectivity index (χ0n) is 22.9. The van der Waals surface area contributed by atoms with Gasteiger partial charge in [-0.05, 0) is 50.7 Å². The van der Waals surface area contributed by atoms with E-state index in [1.807, 2.05) is 74.5 Å². The van der Waals surface area contributed by atoms with Crippen LogP contribution in [-0.2, 0) is 27.3 Å². The van der Waals surface area contributed by atoms with Crippen LogP contribution in [-0.4, -0.2) is 58.4 Å². The van der Waals surface area contributed by atoms with E-state index < -0.39 is 41.9 Å². The second kappa shape index (κ2) is 14.4. The molecule has 9 heteroatoms. The summed E-state index contributed by atoms with van der Waals surface area (Å²) in [6.45, 7) is 8.73. The highest BCUT2D eigenvalue weighted by molar-refractivity contribution is 5.84. The van der Waals surface area contributed by atoms with Crippen LogP contribution in [0.2, 0.25) is 0 Å². The lowest BCUT2D eigenvalue weighted by Gasteiger charge is -2.34. The van der Waals surface area contributed by atoms with Crippen molar-refractivity contribution in [3.63, 3.8) is 0 Å². The van der Waals surface area contributed by atoms with Crippen molar-refractivity contribution in [2.45, 2.75) is 77.9 Å². The van der Waals surface area contributed by atoms with E-state index in [1.165, 1.54) is 0 Å². The highest BCUT2D eigenvalue weighted by Gasteiger charge is 2.35. The number of hydrogen-bond donors (Lipinski definition) is 3. The Bertz CT molecular complexity index is 1020. The topological polar surface area (TPSA) is 131 Å². The van der Waals surface area contributed by atoms with E-state index in [2.05, 4.69) is 5.32 Å². The fraction of sp³-hybridized carbons (Fsp3) is 0.483. The molecule has 38 heavy (non-hydrogen) atoms. The number of carbonyl (C=O) groups is 3. The summed E-state index contributed by atoms with van der Waals surface area (Å²) in [6.07, 6.45) is -2.20. The second-order valence-corrected chi connectivity index (χ2v) is 10.8. The molecule has 0 unspecified atom stereocenters. The van der Waals surface area contributed by atoms with E-state index in [4.69, 9.17) is 15.2 Å². The minimum atomic E-state index is -1.26. The monoisotopic (exact) mass is 527 g/mol. The highest BCUT2D eigenvalue weighted by Crippen LogP contribution is 2.17. The van der Waals surface area contributed by atoms with E-state index in [0.29, 0.717) is 0 Å². The average Bonchev–Trinajstić information content (AvgIpc) is 2.84. The third-order valence-electron chi connectivity index (χ3n) is 5.69. The third-order valence-corrected chi connectivity index (χ3v) is 5.69. The van der Waals surface area contributed by atoms with Gasteiger partial charge in [-0.1, -0.05) is 74.5 Å². The Kier molecular flexibility index (Phi) is 11.6. The van der Waals surface area contributed by atoms with Crippen LogP contribution in [0.4, 0.5) is 9.59 Å². The van der Waals surface area contributed by atoms with Crippen LogP contribution in [0, 0.1) is 5.92 Å². The number of amides is 3. The Morgan fingerprint density at radius 2 is 1.53 bits per heavy atom. The lowest BCUT2D eigenvalue weighted by molar-refractivity contribution is -0.124. The van der Waals surface area contributed by atoms with Crippen LogP contribution in [0.1, 0.15) is 52.2 Å². The molecule has 0 aliphatic rings. The predicted molar refractivity (Wildman–Crippen MR) is 145 cm³/mol. The van der Waals surface area contributed by atoms with Crippen molar-refractivity contribution in [1.82, 2.24) is 10.2 Å². The number of hydrogen-bond acceptors (Lipinski definition) is 6. The van der Waals surface area contributed by atoms with Crippen LogP contribution in [0.5, 0.6) is 0 Å². The lowest BCUT2D eigenvalue weighted by atomic mass is 9.98. The van der Waals surface area contributed by atoms with E-state index in [0.717, 1.165) is 16.0 Å². The van der Waals surface area contributed by atoms with Crippen LogP contribution in [0.25, 0.3) is 0 Å². The van der Waals surface area contributed by atoms with Crippen molar-refractivity contribution >= 4 is 18.1 Å². The molecule has 4 N–H and O–H groups in total. The van der Waals surface area contributed by atoms with Gasteiger partial charge >= 0.3 is 12.2 Å². The van der Waals surface area contributed by atoms with Gasteiger partial charge in [0.25, 0.3) is 0 Å². The minimum Gasteiger partial charge on any atom is -0.445 e. The Balaban J connectivity index is 2.30. The molecule has 0 aliphatic carbocycles. The zero-order valence-corrected chi connectivity index (χ0v) is 22.9. The van der Waals surface area contributed by atoms with Gasteiger partial charge in [-0.15, -0.1) is 0 Å². The molecule has 0 heterocycles. The number of benzene rings is 2. The summed E-state index contributed by atoms with van der Waals surface area (Å²) in [5.74, 6) is -0.670. The number of aliphatic hydroxyl groups excluding tert-OH is 1. The quantitative estimate of drug-likeness (QED) is 0.382. The Hall–Kier alpha value is -3.59. The lowest BCUT2D eigenvalue weighted by Crippen LogP contribution is -2.56. The number of nitrogens with zero attached hydrogens (tertiary/aromatic N) is 1. The molecule has 0 radical (unpaired) electrons. The van der Waals surface area contributed by atoms with E-state index in [9.17, 15) is 19.5 Å². The maximum atomic E-state index is 13.2. The molecular weight excluding hydrogens is 486 g/mol. The first-order valence-corrected chi connectivity index (χ1v) is 12.8. The Morgan fingerprint density at radius 3 is 2.03 bits per heavy atom. The number of primary amides is 1. The third kappa shape index (κ3) is 10.8.